The van der Waals surface area contributed by atoms with E-state index < -0.39 is 0 Å². The zero-order chi connectivity index (χ0) is 13.8. The maximum atomic E-state index is 6.44. The SMILES string of the molecule is CC(Oc1[c]cccc1)(c1cccs1)C1CCCCC1. The first kappa shape index (κ1) is 13.7. The van der Waals surface area contributed by atoms with Crippen molar-refractivity contribution in [3.63, 3.8) is 0 Å². The molecule has 1 aliphatic carbocycles. The van der Waals surface area contributed by atoms with E-state index in [4.69, 9.17) is 4.74 Å². The quantitative estimate of drug-likeness (QED) is 0.728. The maximum Gasteiger partial charge on any atom is 0.143 e. The summed E-state index contributed by atoms with van der Waals surface area (Å²) < 4.78 is 6.44. The molecule has 2 aromatic rings. The maximum absolute atomic E-state index is 6.44. The van der Waals surface area contributed by atoms with Gasteiger partial charge in [-0.25, -0.2) is 0 Å². The van der Waals surface area contributed by atoms with Gasteiger partial charge in [0.05, 0.1) is 0 Å². The third-order valence-corrected chi connectivity index (χ3v) is 5.49. The summed E-state index contributed by atoms with van der Waals surface area (Å²) in [4.78, 5) is 1.33. The highest BCUT2D eigenvalue weighted by atomic mass is 32.1. The van der Waals surface area contributed by atoms with Crippen LogP contribution in [0, 0.1) is 12.0 Å². The van der Waals surface area contributed by atoms with Gasteiger partial charge in [-0.3, -0.25) is 0 Å². The Morgan fingerprint density at radius 3 is 2.65 bits per heavy atom. The van der Waals surface area contributed by atoms with Crippen LogP contribution in [-0.4, -0.2) is 0 Å². The summed E-state index contributed by atoms with van der Waals surface area (Å²) >= 11 is 1.80. The molecule has 1 unspecified atom stereocenters. The number of hydrogen-bond acceptors (Lipinski definition) is 2. The third-order valence-electron chi connectivity index (χ3n) is 4.40. The van der Waals surface area contributed by atoms with Gasteiger partial charge in [-0.2, -0.15) is 0 Å². The molecule has 105 valence electrons. The Bertz CT molecular complexity index is 514. The minimum atomic E-state index is -0.216. The van der Waals surface area contributed by atoms with Crippen LogP contribution in [0.1, 0.15) is 43.9 Å². The van der Waals surface area contributed by atoms with E-state index in [1.807, 2.05) is 24.3 Å². The number of rotatable bonds is 4. The molecule has 1 heterocycles. The molecule has 1 aromatic carbocycles. The number of para-hydroxylation sites is 1. The second-order valence-corrected chi connectivity index (χ2v) is 6.70. The van der Waals surface area contributed by atoms with Gasteiger partial charge in [0.15, 0.2) is 0 Å². The summed E-state index contributed by atoms with van der Waals surface area (Å²) in [6, 6.07) is 15.5. The first-order chi connectivity index (χ1) is 9.79. The highest BCUT2D eigenvalue weighted by Crippen LogP contribution is 2.43. The highest BCUT2D eigenvalue weighted by molar-refractivity contribution is 7.10. The van der Waals surface area contributed by atoms with Crippen LogP contribution in [0.15, 0.2) is 41.8 Å². The molecule has 3 rings (SSSR count). The van der Waals surface area contributed by atoms with Crippen molar-refractivity contribution in [1.29, 1.82) is 0 Å². The average molecular weight is 285 g/mol. The van der Waals surface area contributed by atoms with Crippen molar-refractivity contribution in [2.45, 2.75) is 44.6 Å². The lowest BCUT2D eigenvalue weighted by Crippen LogP contribution is -2.38. The summed E-state index contributed by atoms with van der Waals surface area (Å²) in [5.74, 6) is 1.46. The molecule has 1 aromatic heterocycles. The van der Waals surface area contributed by atoms with E-state index in [2.05, 4.69) is 30.5 Å². The standard InChI is InChI=1S/C18H21OS/c1-18(17-13-8-14-20-17,15-9-4-2-5-10-15)19-16-11-6-3-7-12-16/h3,6-8,11,13-15H,2,4-5,9-10H2,1H3. The van der Waals surface area contributed by atoms with Crippen LogP contribution in [0.5, 0.6) is 5.75 Å². The number of benzene rings is 1. The fraction of sp³-hybridized carbons (Fsp3) is 0.444. The second kappa shape index (κ2) is 6.01. The fourth-order valence-corrected chi connectivity index (χ4v) is 4.12. The van der Waals surface area contributed by atoms with E-state index in [0.29, 0.717) is 5.92 Å². The molecular formula is C18H21OS. The first-order valence-electron chi connectivity index (χ1n) is 7.49. The smallest absolute Gasteiger partial charge is 0.143 e. The van der Waals surface area contributed by atoms with Gasteiger partial charge in [-0.1, -0.05) is 43.5 Å². The third kappa shape index (κ3) is 2.76. The molecule has 0 bridgehead atoms. The van der Waals surface area contributed by atoms with E-state index in [1.54, 1.807) is 11.3 Å². The molecule has 1 atom stereocenters. The van der Waals surface area contributed by atoms with Crippen LogP contribution in [0.25, 0.3) is 0 Å². The highest BCUT2D eigenvalue weighted by Gasteiger charge is 2.39. The lowest BCUT2D eigenvalue weighted by Gasteiger charge is -2.39. The van der Waals surface area contributed by atoms with Crippen LogP contribution in [0.3, 0.4) is 0 Å². The zero-order valence-corrected chi connectivity index (χ0v) is 12.8. The van der Waals surface area contributed by atoms with Crippen molar-refractivity contribution in [2.24, 2.45) is 5.92 Å². The summed E-state index contributed by atoms with van der Waals surface area (Å²) in [6.07, 6.45) is 6.55. The Kier molecular flexibility index (Phi) is 4.11. The van der Waals surface area contributed by atoms with Gasteiger partial charge in [0.1, 0.15) is 11.4 Å². The van der Waals surface area contributed by atoms with Crippen LogP contribution in [0.4, 0.5) is 0 Å². The van der Waals surface area contributed by atoms with E-state index >= 15 is 0 Å². The minimum absolute atomic E-state index is 0.216. The molecule has 1 radical (unpaired) electrons. The molecule has 0 N–H and O–H groups in total. The lowest BCUT2D eigenvalue weighted by atomic mass is 9.77. The van der Waals surface area contributed by atoms with Crippen LogP contribution in [0.2, 0.25) is 0 Å². The summed E-state index contributed by atoms with van der Waals surface area (Å²) in [7, 11) is 0. The van der Waals surface area contributed by atoms with Gasteiger partial charge in [-0.15, -0.1) is 11.3 Å². The predicted octanol–water partition coefficient (Wildman–Crippen LogP) is 5.42. The monoisotopic (exact) mass is 285 g/mol. The normalized spacial score (nSPS) is 19.4. The first-order valence-corrected chi connectivity index (χ1v) is 8.37. The van der Waals surface area contributed by atoms with Crippen molar-refractivity contribution >= 4 is 11.3 Å². The molecule has 20 heavy (non-hydrogen) atoms. The molecule has 0 aliphatic heterocycles. The van der Waals surface area contributed by atoms with E-state index in [1.165, 1.54) is 37.0 Å². The summed E-state index contributed by atoms with van der Waals surface area (Å²) in [5, 5.41) is 2.15. The van der Waals surface area contributed by atoms with Crippen LogP contribution >= 0.6 is 11.3 Å². The van der Waals surface area contributed by atoms with Crippen LogP contribution in [-0.2, 0) is 5.60 Å². The average Bonchev–Trinajstić information content (AvgIpc) is 3.04. The Morgan fingerprint density at radius 1 is 1.15 bits per heavy atom. The van der Waals surface area contributed by atoms with Crippen molar-refractivity contribution in [3.8, 4) is 5.75 Å². The molecule has 1 fully saturated rings. The van der Waals surface area contributed by atoms with Gasteiger partial charge in [0, 0.05) is 16.9 Å². The molecule has 2 heteroatoms. The van der Waals surface area contributed by atoms with E-state index in [9.17, 15) is 0 Å². The van der Waals surface area contributed by atoms with Gasteiger partial charge in [0.2, 0.25) is 0 Å². The Hall–Kier alpha value is -1.28. The second-order valence-electron chi connectivity index (χ2n) is 5.75. The van der Waals surface area contributed by atoms with Crippen molar-refractivity contribution < 1.29 is 4.74 Å². The molecular weight excluding hydrogens is 264 g/mol. The lowest BCUT2D eigenvalue weighted by molar-refractivity contribution is 0.00675. The molecule has 0 amide bonds. The molecule has 1 saturated carbocycles. The summed E-state index contributed by atoms with van der Waals surface area (Å²) in [6.45, 7) is 2.26. The molecule has 1 nitrogen and oxygen atoms in total. The fourth-order valence-electron chi connectivity index (χ4n) is 3.22. The Labute approximate surface area is 125 Å². The topological polar surface area (TPSA) is 9.23 Å². The molecule has 1 aliphatic rings. The zero-order valence-electron chi connectivity index (χ0n) is 12.0. The number of thiophene rings is 1. The van der Waals surface area contributed by atoms with Gasteiger partial charge >= 0.3 is 0 Å². The van der Waals surface area contributed by atoms with Crippen molar-refractivity contribution in [1.82, 2.24) is 0 Å². The molecule has 0 spiro atoms. The van der Waals surface area contributed by atoms with Gasteiger partial charge < -0.3 is 4.74 Å². The Balaban J connectivity index is 1.90. The number of hydrogen-bond donors (Lipinski definition) is 0. The van der Waals surface area contributed by atoms with Gasteiger partial charge in [-0.05, 0) is 37.3 Å². The van der Waals surface area contributed by atoms with E-state index in [-0.39, 0.29) is 5.60 Å². The van der Waals surface area contributed by atoms with E-state index in [0.717, 1.165) is 5.75 Å². The summed E-state index contributed by atoms with van der Waals surface area (Å²) in [5.41, 5.74) is -0.216. The Morgan fingerprint density at radius 2 is 2.00 bits per heavy atom. The largest absolute Gasteiger partial charge is 0.481 e. The van der Waals surface area contributed by atoms with Gasteiger partial charge in [0.25, 0.3) is 0 Å². The molecule has 0 saturated heterocycles. The van der Waals surface area contributed by atoms with Crippen molar-refractivity contribution in [2.75, 3.05) is 0 Å². The number of ether oxygens (including phenoxy) is 1. The minimum Gasteiger partial charge on any atom is -0.481 e. The predicted molar refractivity (Wildman–Crippen MR) is 84.2 cm³/mol. The van der Waals surface area contributed by atoms with Crippen molar-refractivity contribution in [3.05, 3.63) is 52.7 Å². The van der Waals surface area contributed by atoms with Crippen LogP contribution < -0.4 is 4.74 Å².